The van der Waals surface area contributed by atoms with Crippen LogP contribution in [0.25, 0.3) is 21.9 Å². The molecule has 24 heavy (non-hydrogen) atoms. The molecule has 3 heterocycles. The van der Waals surface area contributed by atoms with E-state index in [0.717, 1.165) is 0 Å². The van der Waals surface area contributed by atoms with Crippen molar-refractivity contribution < 1.29 is 20.1 Å². The summed E-state index contributed by atoms with van der Waals surface area (Å²) in [6.07, 6.45) is -2.82. The molecule has 0 unspecified atom stereocenters. The predicted octanol–water partition coefficient (Wildman–Crippen LogP) is -1.53. The van der Waals surface area contributed by atoms with Crippen LogP contribution in [0.4, 0.5) is 5.95 Å². The van der Waals surface area contributed by atoms with E-state index in [-0.39, 0.29) is 11.5 Å². The molecule has 1 saturated heterocycles. The normalized spacial score (nSPS) is 27.3. The van der Waals surface area contributed by atoms with Gasteiger partial charge in [-0.05, 0) is 12.1 Å². The minimum atomic E-state index is -1.23. The molecule has 126 valence electrons. The maximum Gasteiger partial charge on any atom is 0.260 e. The summed E-state index contributed by atoms with van der Waals surface area (Å²) in [6.45, 7) is -0.419. The summed E-state index contributed by atoms with van der Waals surface area (Å²) in [4.78, 5) is 22.7. The summed E-state index contributed by atoms with van der Waals surface area (Å²) in [5.41, 5.74) is 6.61. The number of nitrogens with two attached hydrogens (primary N) is 1. The van der Waals surface area contributed by atoms with Crippen LogP contribution >= 0.6 is 0 Å². The second-order valence-corrected chi connectivity index (χ2v) is 5.69. The summed E-state index contributed by atoms with van der Waals surface area (Å²) in [5.74, 6) is -0.00849. The average Bonchev–Trinajstić information content (AvgIpc) is 3.07. The fraction of sp³-hybridized carbons (Fsp3) is 0.357. The smallest absolute Gasteiger partial charge is 0.260 e. The van der Waals surface area contributed by atoms with Crippen molar-refractivity contribution in [1.82, 2.24) is 19.5 Å². The Morgan fingerprint density at radius 1 is 1.29 bits per heavy atom. The van der Waals surface area contributed by atoms with E-state index in [1.807, 2.05) is 0 Å². The van der Waals surface area contributed by atoms with Gasteiger partial charge in [-0.3, -0.25) is 9.78 Å². The first-order valence-electron chi connectivity index (χ1n) is 7.28. The number of imidazole rings is 1. The summed E-state index contributed by atoms with van der Waals surface area (Å²) < 4.78 is 7.03. The van der Waals surface area contributed by atoms with Crippen LogP contribution in [0.5, 0.6) is 0 Å². The molecule has 1 fully saturated rings. The van der Waals surface area contributed by atoms with Gasteiger partial charge in [0.15, 0.2) is 6.23 Å². The summed E-state index contributed by atoms with van der Waals surface area (Å²) in [6, 6.07) is 3.17. The Kier molecular flexibility index (Phi) is 3.28. The lowest BCUT2D eigenvalue weighted by Crippen LogP contribution is -2.33. The Labute approximate surface area is 134 Å². The van der Waals surface area contributed by atoms with Crippen molar-refractivity contribution in [3.8, 4) is 0 Å². The molecule has 0 spiro atoms. The zero-order valence-electron chi connectivity index (χ0n) is 12.3. The first-order valence-corrected chi connectivity index (χ1v) is 7.28. The maximum absolute atomic E-state index is 11.9. The van der Waals surface area contributed by atoms with Crippen LogP contribution in [0.2, 0.25) is 0 Å². The number of aliphatic hydroxyl groups excluding tert-OH is 3. The summed E-state index contributed by atoms with van der Waals surface area (Å²) >= 11 is 0. The van der Waals surface area contributed by atoms with Crippen LogP contribution in [0.15, 0.2) is 23.3 Å². The van der Waals surface area contributed by atoms with Crippen LogP contribution in [0.3, 0.4) is 0 Å². The van der Waals surface area contributed by atoms with E-state index in [0.29, 0.717) is 21.9 Å². The Balaban J connectivity index is 1.88. The molecule has 4 rings (SSSR count). The molecular formula is C14H15N5O5. The number of rotatable bonds is 2. The maximum atomic E-state index is 11.9. The highest BCUT2D eigenvalue weighted by Crippen LogP contribution is 2.32. The quantitative estimate of drug-likeness (QED) is 0.377. The fourth-order valence-corrected chi connectivity index (χ4v) is 2.99. The molecule has 0 saturated carbocycles. The van der Waals surface area contributed by atoms with E-state index in [1.54, 1.807) is 12.1 Å². The van der Waals surface area contributed by atoms with Crippen LogP contribution < -0.4 is 11.3 Å². The molecular weight excluding hydrogens is 318 g/mol. The van der Waals surface area contributed by atoms with Crippen LogP contribution in [-0.2, 0) is 4.74 Å². The Morgan fingerprint density at radius 2 is 2.08 bits per heavy atom. The highest BCUT2D eigenvalue weighted by molar-refractivity contribution is 5.93. The lowest BCUT2D eigenvalue weighted by molar-refractivity contribution is -0.0508. The van der Waals surface area contributed by atoms with Crippen molar-refractivity contribution in [1.29, 1.82) is 0 Å². The van der Waals surface area contributed by atoms with Crippen LogP contribution in [0.1, 0.15) is 6.23 Å². The SMILES string of the molecule is Nc1nc2cc3c(cc2c(=O)[nH]1)ncn3[C@@H]1O[C@H](CO)[C@@H](O)[C@H]1O. The zero-order chi connectivity index (χ0) is 17.0. The topological polar surface area (TPSA) is 160 Å². The Bertz CT molecular complexity index is 983. The second-order valence-electron chi connectivity index (χ2n) is 5.69. The molecule has 0 amide bonds. The van der Waals surface area contributed by atoms with Gasteiger partial charge in [-0.2, -0.15) is 0 Å². The minimum Gasteiger partial charge on any atom is -0.394 e. The van der Waals surface area contributed by atoms with Gasteiger partial charge in [-0.1, -0.05) is 0 Å². The lowest BCUT2D eigenvalue weighted by Gasteiger charge is -2.17. The number of nitrogens with one attached hydrogen (secondary N) is 1. The van der Waals surface area contributed by atoms with Gasteiger partial charge < -0.3 is 30.4 Å². The van der Waals surface area contributed by atoms with Gasteiger partial charge in [-0.25, -0.2) is 9.97 Å². The van der Waals surface area contributed by atoms with E-state index in [4.69, 9.17) is 10.5 Å². The Morgan fingerprint density at radius 3 is 2.79 bits per heavy atom. The molecule has 10 nitrogen and oxygen atoms in total. The van der Waals surface area contributed by atoms with Gasteiger partial charge in [0.05, 0.1) is 34.9 Å². The summed E-state index contributed by atoms with van der Waals surface area (Å²) in [5, 5.41) is 29.6. The van der Waals surface area contributed by atoms with Gasteiger partial charge in [0, 0.05) is 0 Å². The van der Waals surface area contributed by atoms with Crippen molar-refractivity contribution in [2.75, 3.05) is 12.3 Å². The van der Waals surface area contributed by atoms with Crippen molar-refractivity contribution in [2.24, 2.45) is 0 Å². The van der Waals surface area contributed by atoms with E-state index >= 15 is 0 Å². The first-order chi connectivity index (χ1) is 11.5. The number of aromatic nitrogens is 4. The number of aliphatic hydroxyl groups is 3. The van der Waals surface area contributed by atoms with Crippen LogP contribution in [0, 0.1) is 0 Å². The standard InChI is InChI=1S/C14H15N5O5/c15-14-17-6-2-8-7(1-5(6)12(23)18-14)16-4-19(8)13-11(22)10(21)9(3-20)24-13/h1-2,4,9-11,13,20-22H,3H2,(H3,15,17,18,23)/t9-,10-,11-,13-/m1/s1. The molecule has 2 aromatic heterocycles. The number of anilines is 1. The van der Waals surface area contributed by atoms with E-state index in [1.165, 1.54) is 10.9 Å². The van der Waals surface area contributed by atoms with Crippen molar-refractivity contribution >= 4 is 27.9 Å². The van der Waals surface area contributed by atoms with Crippen molar-refractivity contribution in [2.45, 2.75) is 24.5 Å². The minimum absolute atomic E-state index is 0.00849. The molecule has 6 N–H and O–H groups in total. The third-order valence-corrected chi connectivity index (χ3v) is 4.21. The van der Waals surface area contributed by atoms with Crippen molar-refractivity contribution in [3.63, 3.8) is 0 Å². The van der Waals surface area contributed by atoms with Gasteiger partial charge in [-0.15, -0.1) is 0 Å². The number of H-pyrrole nitrogens is 1. The lowest BCUT2D eigenvalue weighted by atomic mass is 10.1. The largest absolute Gasteiger partial charge is 0.394 e. The van der Waals surface area contributed by atoms with Gasteiger partial charge in [0.25, 0.3) is 5.56 Å². The van der Waals surface area contributed by atoms with Gasteiger partial charge in [0.2, 0.25) is 5.95 Å². The number of nitrogens with zero attached hydrogens (tertiary/aromatic N) is 3. The molecule has 0 aliphatic carbocycles. The Hall–Kier alpha value is -2.53. The van der Waals surface area contributed by atoms with Crippen molar-refractivity contribution in [3.05, 3.63) is 28.8 Å². The van der Waals surface area contributed by atoms with E-state index in [2.05, 4.69) is 15.0 Å². The zero-order valence-corrected chi connectivity index (χ0v) is 12.3. The molecule has 0 bridgehead atoms. The third-order valence-electron chi connectivity index (χ3n) is 4.21. The highest BCUT2D eigenvalue weighted by atomic mass is 16.6. The summed E-state index contributed by atoms with van der Waals surface area (Å²) in [7, 11) is 0. The van der Waals surface area contributed by atoms with E-state index < -0.39 is 31.1 Å². The monoisotopic (exact) mass is 333 g/mol. The fourth-order valence-electron chi connectivity index (χ4n) is 2.99. The van der Waals surface area contributed by atoms with Gasteiger partial charge >= 0.3 is 0 Å². The molecule has 1 aliphatic heterocycles. The number of fused-ring (bicyclic) bond motifs is 2. The molecule has 0 radical (unpaired) electrons. The first kappa shape index (κ1) is 15.0. The highest BCUT2D eigenvalue weighted by Gasteiger charge is 2.43. The second kappa shape index (κ2) is 5.24. The number of ether oxygens (including phenoxy) is 1. The molecule has 1 aliphatic rings. The number of benzene rings is 1. The number of hydrogen-bond donors (Lipinski definition) is 5. The predicted molar refractivity (Wildman–Crippen MR) is 83.1 cm³/mol. The van der Waals surface area contributed by atoms with E-state index in [9.17, 15) is 20.1 Å². The average molecular weight is 333 g/mol. The molecule has 3 aromatic rings. The number of aromatic amines is 1. The molecule has 1 aromatic carbocycles. The molecule has 10 heteroatoms. The number of hydrogen-bond acceptors (Lipinski definition) is 8. The third kappa shape index (κ3) is 2.08. The number of nitrogen functional groups attached to an aromatic ring is 1. The van der Waals surface area contributed by atoms with Crippen LogP contribution in [-0.4, -0.2) is 59.8 Å². The van der Waals surface area contributed by atoms with Gasteiger partial charge in [0.1, 0.15) is 18.3 Å². The molecule has 4 atom stereocenters.